The van der Waals surface area contributed by atoms with Gasteiger partial charge < -0.3 is 39.4 Å². The van der Waals surface area contributed by atoms with Crippen molar-refractivity contribution in [1.29, 1.82) is 0 Å². The molecule has 0 bridgehead atoms. The molecular weight excluding hydrogens is 700 g/mol. The van der Waals surface area contributed by atoms with Gasteiger partial charge in [0.25, 0.3) is 0 Å². The van der Waals surface area contributed by atoms with Gasteiger partial charge in [-0.2, -0.15) is 0 Å². The Balaban J connectivity index is 2.34. The van der Waals surface area contributed by atoms with Gasteiger partial charge in [-0.25, -0.2) is 0 Å². The molecule has 1 heterocycles. The van der Waals surface area contributed by atoms with Crippen molar-refractivity contribution in [3.05, 3.63) is 17.9 Å². The molecule has 0 aromatic carbocycles. The smallest absolute Gasteiger partial charge is 0.306 e. The SMILES string of the molecule is CCCCCCCC=C=CCCCCCCCC(=O)OC[C@@H](CO[C@H]1O[C@@H](CO)[C@@H](O)C(O)C1O)OC(=O)CCCCCCCCCCCCCCCCC. The van der Waals surface area contributed by atoms with Crippen LogP contribution in [0.3, 0.4) is 0 Å². The predicted octanol–water partition coefficient (Wildman–Crippen LogP) is 9.32. The lowest BCUT2D eigenvalue weighted by atomic mass is 9.99. The van der Waals surface area contributed by atoms with E-state index in [1.807, 2.05) is 0 Å². The topological polar surface area (TPSA) is 152 Å². The van der Waals surface area contributed by atoms with Crippen LogP contribution in [-0.4, -0.2) is 89.0 Å². The molecule has 1 aliphatic rings. The average molecular weight is 783 g/mol. The van der Waals surface area contributed by atoms with E-state index in [2.05, 4.69) is 31.7 Å². The first-order chi connectivity index (χ1) is 26.8. The van der Waals surface area contributed by atoms with Crippen LogP contribution in [0.5, 0.6) is 0 Å². The molecule has 1 rings (SSSR count). The number of carbonyl (C=O) groups excluding carboxylic acids is 2. The Morgan fingerprint density at radius 2 is 1.02 bits per heavy atom. The fraction of sp³-hybridized carbons (Fsp3) is 0.889. The Labute approximate surface area is 334 Å². The molecule has 10 heteroatoms. The molecular formula is C45H82O10. The summed E-state index contributed by atoms with van der Waals surface area (Å²) in [6, 6.07) is 0. The summed E-state index contributed by atoms with van der Waals surface area (Å²) in [5, 5.41) is 40.0. The van der Waals surface area contributed by atoms with Crippen LogP contribution in [-0.2, 0) is 28.5 Å². The van der Waals surface area contributed by atoms with Crippen LogP contribution in [0.25, 0.3) is 0 Å². The van der Waals surface area contributed by atoms with Crippen molar-refractivity contribution >= 4 is 11.9 Å². The number of ether oxygens (including phenoxy) is 4. The maximum atomic E-state index is 12.8. The highest BCUT2D eigenvalue weighted by Crippen LogP contribution is 2.23. The monoisotopic (exact) mass is 783 g/mol. The number of esters is 2. The number of aliphatic hydroxyl groups excluding tert-OH is 4. The van der Waals surface area contributed by atoms with E-state index in [0.717, 1.165) is 57.8 Å². The first-order valence-electron chi connectivity index (χ1n) is 22.5. The zero-order chi connectivity index (χ0) is 40.2. The first-order valence-corrected chi connectivity index (χ1v) is 22.5. The highest BCUT2D eigenvalue weighted by molar-refractivity contribution is 5.70. The van der Waals surface area contributed by atoms with Crippen LogP contribution in [0.1, 0.15) is 200 Å². The fourth-order valence-corrected chi connectivity index (χ4v) is 6.81. The molecule has 0 saturated carbocycles. The van der Waals surface area contributed by atoms with Crippen LogP contribution in [0.2, 0.25) is 0 Å². The Kier molecular flexibility index (Phi) is 34.1. The highest BCUT2D eigenvalue weighted by Gasteiger charge is 2.44. The van der Waals surface area contributed by atoms with E-state index in [1.54, 1.807) is 0 Å². The quantitative estimate of drug-likeness (QED) is 0.0273. The van der Waals surface area contributed by atoms with Gasteiger partial charge in [-0.3, -0.25) is 9.59 Å². The third-order valence-corrected chi connectivity index (χ3v) is 10.4. The zero-order valence-corrected chi connectivity index (χ0v) is 35.0. The fourth-order valence-electron chi connectivity index (χ4n) is 6.81. The summed E-state index contributed by atoms with van der Waals surface area (Å²) in [5.41, 5.74) is 3.30. The molecule has 4 N–H and O–H groups in total. The molecule has 1 fully saturated rings. The molecule has 2 unspecified atom stereocenters. The van der Waals surface area contributed by atoms with Crippen LogP contribution < -0.4 is 0 Å². The molecule has 0 amide bonds. The van der Waals surface area contributed by atoms with Gasteiger partial charge in [0.1, 0.15) is 31.0 Å². The van der Waals surface area contributed by atoms with Crippen LogP contribution in [0.4, 0.5) is 0 Å². The molecule has 0 spiro atoms. The Morgan fingerprint density at radius 3 is 1.49 bits per heavy atom. The van der Waals surface area contributed by atoms with Crippen molar-refractivity contribution in [3.63, 3.8) is 0 Å². The average Bonchev–Trinajstić information content (AvgIpc) is 3.18. The van der Waals surface area contributed by atoms with E-state index in [-0.39, 0.29) is 32.0 Å². The molecule has 55 heavy (non-hydrogen) atoms. The largest absolute Gasteiger partial charge is 0.462 e. The normalized spacial score (nSPS) is 20.1. The number of carbonyl (C=O) groups is 2. The van der Waals surface area contributed by atoms with Gasteiger partial charge in [0.15, 0.2) is 12.4 Å². The summed E-state index contributed by atoms with van der Waals surface area (Å²) in [6.07, 6.45) is 28.5. The van der Waals surface area contributed by atoms with E-state index in [4.69, 9.17) is 18.9 Å². The molecule has 0 aromatic heterocycles. The summed E-state index contributed by atoms with van der Waals surface area (Å²) < 4.78 is 22.1. The Morgan fingerprint density at radius 1 is 0.582 bits per heavy atom. The summed E-state index contributed by atoms with van der Waals surface area (Å²) in [6.45, 7) is 3.40. The van der Waals surface area contributed by atoms with Crippen molar-refractivity contribution < 1.29 is 49.0 Å². The van der Waals surface area contributed by atoms with Crippen LogP contribution in [0, 0.1) is 0 Å². The van der Waals surface area contributed by atoms with Crippen molar-refractivity contribution in [2.24, 2.45) is 0 Å². The lowest BCUT2D eigenvalue weighted by molar-refractivity contribution is -0.305. The Bertz CT molecular complexity index is 965. The summed E-state index contributed by atoms with van der Waals surface area (Å²) >= 11 is 0. The second-order valence-electron chi connectivity index (χ2n) is 15.6. The molecule has 1 saturated heterocycles. The van der Waals surface area contributed by atoms with E-state index in [1.165, 1.54) is 103 Å². The van der Waals surface area contributed by atoms with Gasteiger partial charge in [-0.15, -0.1) is 5.73 Å². The number of allylic oxidation sites excluding steroid dienone is 1. The first kappa shape index (κ1) is 51.2. The number of aliphatic hydroxyl groups is 4. The van der Waals surface area contributed by atoms with Crippen molar-refractivity contribution in [2.75, 3.05) is 19.8 Å². The third kappa shape index (κ3) is 28.3. The molecule has 0 radical (unpaired) electrons. The number of hydrogen-bond donors (Lipinski definition) is 4. The van der Waals surface area contributed by atoms with Gasteiger partial charge in [0.05, 0.1) is 13.2 Å². The van der Waals surface area contributed by atoms with Gasteiger partial charge in [0.2, 0.25) is 0 Å². The lowest BCUT2D eigenvalue weighted by Gasteiger charge is -2.39. The maximum absolute atomic E-state index is 12.8. The maximum Gasteiger partial charge on any atom is 0.306 e. The molecule has 6 atom stereocenters. The summed E-state index contributed by atoms with van der Waals surface area (Å²) in [4.78, 5) is 25.3. The Hall–Kier alpha value is -1.78. The van der Waals surface area contributed by atoms with Crippen molar-refractivity contribution in [1.82, 2.24) is 0 Å². The van der Waals surface area contributed by atoms with E-state index < -0.39 is 49.4 Å². The second-order valence-corrected chi connectivity index (χ2v) is 15.6. The molecule has 0 aromatic rings. The van der Waals surface area contributed by atoms with E-state index in [9.17, 15) is 30.0 Å². The van der Waals surface area contributed by atoms with Crippen LogP contribution >= 0.6 is 0 Å². The van der Waals surface area contributed by atoms with Gasteiger partial charge in [-0.05, 0) is 50.7 Å². The second kappa shape index (κ2) is 36.6. The minimum absolute atomic E-state index is 0.223. The standard InChI is InChI=1S/C45H82O10/c1-3-5-7-9-11-13-15-17-19-21-23-25-27-29-31-33-40(47)52-36-38(37-53-45-44(51)43(50)42(49)39(35-46)55-45)54-41(48)34-32-30-28-26-24-22-20-18-16-14-12-10-8-6-4-2/h15,19,38-39,42-46,49-51H,3-14,16,18,20-37H2,1-2H3/t17?,38-,39-,42+,43?,44?,45-/m0/s1. The molecule has 0 aliphatic carbocycles. The number of rotatable bonds is 37. The molecule has 10 nitrogen and oxygen atoms in total. The summed E-state index contributed by atoms with van der Waals surface area (Å²) in [7, 11) is 0. The van der Waals surface area contributed by atoms with Crippen molar-refractivity contribution in [3.8, 4) is 0 Å². The van der Waals surface area contributed by atoms with Gasteiger partial charge in [0, 0.05) is 12.8 Å². The van der Waals surface area contributed by atoms with Crippen LogP contribution in [0.15, 0.2) is 17.9 Å². The van der Waals surface area contributed by atoms with E-state index in [0.29, 0.717) is 12.8 Å². The van der Waals surface area contributed by atoms with Gasteiger partial charge >= 0.3 is 11.9 Å². The third-order valence-electron chi connectivity index (χ3n) is 10.4. The number of hydrogen-bond acceptors (Lipinski definition) is 10. The number of unbranched alkanes of at least 4 members (excludes halogenated alkanes) is 24. The highest BCUT2D eigenvalue weighted by atomic mass is 16.7. The minimum Gasteiger partial charge on any atom is -0.462 e. The zero-order valence-electron chi connectivity index (χ0n) is 35.0. The molecule has 1 aliphatic heterocycles. The van der Waals surface area contributed by atoms with E-state index >= 15 is 0 Å². The predicted molar refractivity (Wildman–Crippen MR) is 218 cm³/mol. The summed E-state index contributed by atoms with van der Waals surface area (Å²) in [5.74, 6) is -0.819. The lowest BCUT2D eigenvalue weighted by Crippen LogP contribution is -2.59. The van der Waals surface area contributed by atoms with Gasteiger partial charge in [-0.1, -0.05) is 149 Å². The van der Waals surface area contributed by atoms with Crippen molar-refractivity contribution in [2.45, 2.75) is 237 Å². The molecule has 322 valence electrons. The minimum atomic E-state index is -1.59.